The SMILES string of the molecule is O=C(NCc1ccc(Br)cc1F)c1ccc2ccccc2n1. The standard InChI is InChI=1S/C17H12BrFN2O/c18-13-7-5-12(14(19)9-13)10-20-17(22)16-8-6-11-3-1-2-4-15(11)21-16/h1-9H,10H2,(H,20,22). The molecule has 2 aromatic carbocycles. The van der Waals surface area contributed by atoms with E-state index in [0.717, 1.165) is 10.9 Å². The highest BCUT2D eigenvalue weighted by Crippen LogP contribution is 2.15. The molecule has 22 heavy (non-hydrogen) atoms. The number of aromatic nitrogens is 1. The molecule has 5 heteroatoms. The third kappa shape index (κ3) is 3.14. The van der Waals surface area contributed by atoms with Gasteiger partial charge in [0.05, 0.1) is 5.52 Å². The second-order valence-corrected chi connectivity index (χ2v) is 5.72. The van der Waals surface area contributed by atoms with Gasteiger partial charge in [0.1, 0.15) is 11.5 Å². The Morgan fingerprint density at radius 3 is 2.77 bits per heavy atom. The van der Waals surface area contributed by atoms with Crippen LogP contribution in [0.3, 0.4) is 0 Å². The maximum absolute atomic E-state index is 13.7. The van der Waals surface area contributed by atoms with E-state index in [1.54, 1.807) is 18.2 Å². The van der Waals surface area contributed by atoms with Crippen LogP contribution >= 0.6 is 15.9 Å². The maximum Gasteiger partial charge on any atom is 0.270 e. The van der Waals surface area contributed by atoms with Crippen LogP contribution in [-0.4, -0.2) is 10.9 Å². The average molecular weight is 359 g/mol. The molecule has 0 spiro atoms. The number of pyridine rings is 1. The number of nitrogens with one attached hydrogen (secondary N) is 1. The molecular formula is C17H12BrFN2O. The predicted octanol–water partition coefficient (Wildman–Crippen LogP) is 4.07. The van der Waals surface area contributed by atoms with Crippen LogP contribution < -0.4 is 5.32 Å². The van der Waals surface area contributed by atoms with E-state index in [9.17, 15) is 9.18 Å². The van der Waals surface area contributed by atoms with Gasteiger partial charge in [-0.3, -0.25) is 4.79 Å². The van der Waals surface area contributed by atoms with Gasteiger partial charge in [-0.2, -0.15) is 0 Å². The first-order chi connectivity index (χ1) is 10.6. The van der Waals surface area contributed by atoms with Crippen LogP contribution in [0.1, 0.15) is 16.1 Å². The highest BCUT2D eigenvalue weighted by molar-refractivity contribution is 9.10. The lowest BCUT2D eigenvalue weighted by Crippen LogP contribution is -2.24. The zero-order valence-corrected chi connectivity index (χ0v) is 13.1. The van der Waals surface area contributed by atoms with E-state index in [-0.39, 0.29) is 18.3 Å². The quantitative estimate of drug-likeness (QED) is 0.766. The van der Waals surface area contributed by atoms with E-state index in [0.29, 0.717) is 15.7 Å². The largest absolute Gasteiger partial charge is 0.347 e. The highest BCUT2D eigenvalue weighted by atomic mass is 79.9. The molecule has 0 aliphatic heterocycles. The molecule has 1 N–H and O–H groups in total. The number of hydrogen-bond donors (Lipinski definition) is 1. The molecule has 0 unspecified atom stereocenters. The molecule has 0 bridgehead atoms. The summed E-state index contributed by atoms with van der Waals surface area (Å²) in [6.45, 7) is 0.118. The van der Waals surface area contributed by atoms with Crippen LogP contribution in [0.25, 0.3) is 10.9 Å². The number of fused-ring (bicyclic) bond motifs is 1. The van der Waals surface area contributed by atoms with Crippen molar-refractivity contribution in [3.63, 3.8) is 0 Å². The molecule has 0 fully saturated rings. The van der Waals surface area contributed by atoms with Crippen molar-refractivity contribution in [2.45, 2.75) is 6.54 Å². The van der Waals surface area contributed by atoms with Crippen molar-refractivity contribution in [2.24, 2.45) is 0 Å². The Morgan fingerprint density at radius 2 is 1.95 bits per heavy atom. The molecule has 0 saturated heterocycles. The third-order valence-electron chi connectivity index (χ3n) is 3.29. The van der Waals surface area contributed by atoms with E-state index in [1.165, 1.54) is 6.07 Å². The summed E-state index contributed by atoms with van der Waals surface area (Å²) in [5.41, 5.74) is 1.50. The van der Waals surface area contributed by atoms with Crippen molar-refractivity contribution in [3.8, 4) is 0 Å². The van der Waals surface area contributed by atoms with Crippen LogP contribution in [0.4, 0.5) is 4.39 Å². The Balaban J connectivity index is 1.75. The topological polar surface area (TPSA) is 42.0 Å². The third-order valence-corrected chi connectivity index (χ3v) is 3.78. The average Bonchev–Trinajstić information content (AvgIpc) is 2.53. The van der Waals surface area contributed by atoms with Crippen molar-refractivity contribution >= 4 is 32.7 Å². The number of halogens is 2. The monoisotopic (exact) mass is 358 g/mol. The number of benzene rings is 2. The van der Waals surface area contributed by atoms with Gasteiger partial charge < -0.3 is 5.32 Å². The molecule has 110 valence electrons. The molecule has 1 amide bonds. The lowest BCUT2D eigenvalue weighted by molar-refractivity contribution is 0.0946. The highest BCUT2D eigenvalue weighted by Gasteiger charge is 2.09. The maximum atomic E-state index is 13.7. The van der Waals surface area contributed by atoms with Gasteiger partial charge in [-0.1, -0.05) is 46.3 Å². The number of rotatable bonds is 3. The van der Waals surface area contributed by atoms with Gasteiger partial charge in [-0.05, 0) is 24.3 Å². The number of amides is 1. The van der Waals surface area contributed by atoms with Crippen molar-refractivity contribution in [2.75, 3.05) is 0 Å². The van der Waals surface area contributed by atoms with Gasteiger partial charge in [0.2, 0.25) is 0 Å². The van der Waals surface area contributed by atoms with Gasteiger partial charge >= 0.3 is 0 Å². The zero-order valence-electron chi connectivity index (χ0n) is 11.5. The molecule has 1 aromatic heterocycles. The van der Waals surface area contributed by atoms with Crippen molar-refractivity contribution in [3.05, 3.63) is 76.1 Å². The van der Waals surface area contributed by atoms with Crippen LogP contribution in [-0.2, 0) is 6.54 Å². The normalized spacial score (nSPS) is 10.6. The molecular weight excluding hydrogens is 347 g/mol. The van der Waals surface area contributed by atoms with E-state index >= 15 is 0 Å². The summed E-state index contributed by atoms with van der Waals surface area (Å²) >= 11 is 3.20. The summed E-state index contributed by atoms with van der Waals surface area (Å²) in [7, 11) is 0. The fourth-order valence-corrected chi connectivity index (χ4v) is 2.46. The Hall–Kier alpha value is -2.27. The summed E-state index contributed by atoms with van der Waals surface area (Å²) in [4.78, 5) is 16.4. The van der Waals surface area contributed by atoms with Crippen molar-refractivity contribution in [1.82, 2.24) is 10.3 Å². The van der Waals surface area contributed by atoms with Crippen LogP contribution in [0.2, 0.25) is 0 Å². The summed E-state index contributed by atoms with van der Waals surface area (Å²) in [6.07, 6.45) is 0. The molecule has 3 nitrogen and oxygen atoms in total. The first-order valence-corrected chi connectivity index (χ1v) is 7.51. The van der Waals surface area contributed by atoms with Gasteiger partial charge in [-0.25, -0.2) is 9.37 Å². The number of carbonyl (C=O) groups excluding carboxylic acids is 1. The van der Waals surface area contributed by atoms with Crippen LogP contribution in [0, 0.1) is 5.82 Å². The lowest BCUT2D eigenvalue weighted by atomic mass is 10.2. The van der Waals surface area contributed by atoms with E-state index in [2.05, 4.69) is 26.2 Å². The zero-order chi connectivity index (χ0) is 15.5. The van der Waals surface area contributed by atoms with Gasteiger partial charge in [0, 0.05) is 22.0 Å². The smallest absolute Gasteiger partial charge is 0.270 e. The molecule has 0 aliphatic carbocycles. The fraction of sp³-hybridized carbons (Fsp3) is 0.0588. The van der Waals surface area contributed by atoms with Crippen LogP contribution in [0.5, 0.6) is 0 Å². The predicted molar refractivity (Wildman–Crippen MR) is 87.0 cm³/mol. The van der Waals surface area contributed by atoms with Crippen LogP contribution in [0.15, 0.2) is 59.1 Å². The van der Waals surface area contributed by atoms with Gasteiger partial charge in [0.15, 0.2) is 0 Å². The summed E-state index contributed by atoms with van der Waals surface area (Å²) in [5.74, 6) is -0.686. The first-order valence-electron chi connectivity index (χ1n) is 6.71. The molecule has 3 rings (SSSR count). The summed E-state index contributed by atoms with van der Waals surface area (Å²) < 4.78 is 14.4. The van der Waals surface area contributed by atoms with Gasteiger partial charge in [-0.15, -0.1) is 0 Å². The van der Waals surface area contributed by atoms with Gasteiger partial charge in [0.25, 0.3) is 5.91 Å². The number of nitrogens with zero attached hydrogens (tertiary/aromatic N) is 1. The number of hydrogen-bond acceptors (Lipinski definition) is 2. The number of para-hydroxylation sites is 1. The lowest BCUT2D eigenvalue weighted by Gasteiger charge is -2.07. The molecule has 0 radical (unpaired) electrons. The Kier molecular flexibility index (Phi) is 4.15. The molecule has 0 atom stereocenters. The second kappa shape index (κ2) is 6.23. The summed E-state index contributed by atoms with van der Waals surface area (Å²) in [5, 5.41) is 3.65. The fourth-order valence-electron chi connectivity index (χ4n) is 2.12. The van der Waals surface area contributed by atoms with Crippen molar-refractivity contribution < 1.29 is 9.18 Å². The molecule has 0 aliphatic rings. The Bertz CT molecular complexity index is 851. The molecule has 3 aromatic rings. The summed E-state index contributed by atoms with van der Waals surface area (Å²) in [6, 6.07) is 15.8. The first kappa shape index (κ1) is 14.7. The van der Waals surface area contributed by atoms with E-state index < -0.39 is 0 Å². The minimum Gasteiger partial charge on any atom is -0.347 e. The minimum atomic E-state index is -0.360. The molecule has 0 saturated carbocycles. The molecule has 1 heterocycles. The van der Waals surface area contributed by atoms with Crippen molar-refractivity contribution in [1.29, 1.82) is 0 Å². The Labute approximate surface area is 135 Å². The Morgan fingerprint density at radius 1 is 1.14 bits per heavy atom. The van der Waals surface area contributed by atoms with E-state index in [4.69, 9.17) is 0 Å². The number of carbonyl (C=O) groups is 1. The minimum absolute atomic E-state index is 0.118. The second-order valence-electron chi connectivity index (χ2n) is 4.81. The van der Waals surface area contributed by atoms with E-state index in [1.807, 2.05) is 30.3 Å².